The Balaban J connectivity index is 1.86. The highest BCUT2D eigenvalue weighted by molar-refractivity contribution is 5.88. The van der Waals surface area contributed by atoms with Gasteiger partial charge in [-0.1, -0.05) is 20.4 Å². The van der Waals surface area contributed by atoms with Gasteiger partial charge in [-0.05, 0) is 12.8 Å². The molecule has 0 aromatic rings. The molecule has 10 heteroatoms. The fourth-order valence-corrected chi connectivity index (χ4v) is 5.70. The first-order chi connectivity index (χ1) is 15.0. The number of carbonyl (C=O) groups excluding carboxylic acids is 2. The van der Waals surface area contributed by atoms with Crippen molar-refractivity contribution in [1.29, 1.82) is 0 Å². The first-order valence-corrected chi connectivity index (χ1v) is 10.9. The van der Waals surface area contributed by atoms with E-state index in [4.69, 9.17) is 14.2 Å². The number of fused-ring (bicyclic) bond motifs is 1. The monoisotopic (exact) mass is 458 g/mol. The first kappa shape index (κ1) is 25.2. The topological polar surface area (TPSA) is 163 Å². The minimum atomic E-state index is -1.60. The average Bonchev–Trinajstić information content (AvgIpc) is 2.76. The Morgan fingerprint density at radius 3 is 2.44 bits per heavy atom. The molecule has 3 fully saturated rings. The number of aliphatic hydroxyl groups is 5. The van der Waals surface area contributed by atoms with Gasteiger partial charge in [0.1, 0.15) is 30.2 Å². The molecule has 0 aromatic carbocycles. The van der Waals surface area contributed by atoms with Crippen LogP contribution in [0.4, 0.5) is 0 Å². The summed E-state index contributed by atoms with van der Waals surface area (Å²) < 4.78 is 16.2. The molecule has 1 heterocycles. The summed E-state index contributed by atoms with van der Waals surface area (Å²) in [5.41, 5.74) is -0.558. The predicted molar refractivity (Wildman–Crippen MR) is 109 cm³/mol. The van der Waals surface area contributed by atoms with E-state index in [1.807, 2.05) is 6.92 Å². The van der Waals surface area contributed by atoms with Crippen molar-refractivity contribution >= 4 is 11.8 Å². The Hall–Kier alpha value is -1.40. The van der Waals surface area contributed by atoms with Crippen molar-refractivity contribution in [3.05, 3.63) is 12.2 Å². The molecule has 10 nitrogen and oxygen atoms in total. The molecular formula is C22H34O10. The lowest BCUT2D eigenvalue weighted by atomic mass is 9.52. The Bertz CT molecular complexity index is 738. The van der Waals surface area contributed by atoms with E-state index >= 15 is 0 Å². The van der Waals surface area contributed by atoms with Crippen molar-refractivity contribution in [2.45, 2.75) is 76.0 Å². The van der Waals surface area contributed by atoms with Crippen LogP contribution in [-0.2, 0) is 23.8 Å². The third kappa shape index (κ3) is 4.13. The molecule has 0 bridgehead atoms. The standard InChI is InChI=1S/C22H34O10/c1-9(20(29)30-4)11-5-6-22(3)14(7-12(24)10(2)15(22)16(11)25)32-21-19(28)18(27)17(26)13(8-23)31-21/h10-11,13-19,21,23,25-28H,1,5-8H2,2-4H3/t10-,11+,13-,14-,15+,16-,17-,18+,19-,21+,22-/m1/s1. The zero-order chi connectivity index (χ0) is 24.0. The summed E-state index contributed by atoms with van der Waals surface area (Å²) in [6.45, 7) is 6.81. The Morgan fingerprint density at radius 2 is 1.84 bits per heavy atom. The molecule has 2 aliphatic carbocycles. The summed E-state index contributed by atoms with van der Waals surface area (Å²) in [4.78, 5) is 24.8. The number of methoxy groups -OCH3 is 1. The van der Waals surface area contributed by atoms with E-state index in [0.717, 1.165) is 0 Å². The number of aliphatic hydroxyl groups excluding tert-OH is 5. The molecule has 0 unspecified atom stereocenters. The molecule has 11 atom stereocenters. The molecular weight excluding hydrogens is 424 g/mol. The highest BCUT2D eigenvalue weighted by Gasteiger charge is 2.59. The molecule has 182 valence electrons. The summed E-state index contributed by atoms with van der Waals surface area (Å²) in [5, 5.41) is 51.0. The van der Waals surface area contributed by atoms with Crippen LogP contribution in [0.15, 0.2) is 12.2 Å². The van der Waals surface area contributed by atoms with Crippen LogP contribution in [0, 0.1) is 23.2 Å². The molecule has 5 N–H and O–H groups in total. The average molecular weight is 459 g/mol. The lowest BCUT2D eigenvalue weighted by Crippen LogP contribution is -2.63. The second-order valence-corrected chi connectivity index (χ2v) is 9.47. The Kier molecular flexibility index (Phi) is 7.45. The molecule has 0 aromatic heterocycles. The normalized spacial score (nSPS) is 46.9. The molecule has 0 radical (unpaired) electrons. The highest BCUT2D eigenvalue weighted by atomic mass is 16.7. The minimum absolute atomic E-state index is 0.0124. The molecule has 2 saturated carbocycles. The number of ether oxygens (including phenoxy) is 3. The third-order valence-corrected chi connectivity index (χ3v) is 7.75. The van der Waals surface area contributed by atoms with Crippen LogP contribution >= 0.6 is 0 Å². The van der Waals surface area contributed by atoms with Crippen molar-refractivity contribution in [3.8, 4) is 0 Å². The lowest BCUT2D eigenvalue weighted by Gasteiger charge is -2.56. The van der Waals surface area contributed by atoms with Gasteiger partial charge >= 0.3 is 5.97 Å². The summed E-state index contributed by atoms with van der Waals surface area (Å²) in [7, 11) is 1.24. The van der Waals surface area contributed by atoms with Gasteiger partial charge in [0.15, 0.2) is 6.29 Å². The zero-order valence-corrected chi connectivity index (χ0v) is 18.6. The van der Waals surface area contributed by atoms with Crippen molar-refractivity contribution in [2.75, 3.05) is 13.7 Å². The van der Waals surface area contributed by atoms with Crippen LogP contribution in [0.25, 0.3) is 0 Å². The van der Waals surface area contributed by atoms with E-state index < -0.39 is 78.7 Å². The number of Topliss-reactive ketones (excluding diaryl/α,β-unsaturated/α-hetero) is 1. The van der Waals surface area contributed by atoms with Crippen LogP contribution in [0.1, 0.15) is 33.1 Å². The molecule has 32 heavy (non-hydrogen) atoms. The van der Waals surface area contributed by atoms with Gasteiger partial charge in [0, 0.05) is 35.2 Å². The van der Waals surface area contributed by atoms with Gasteiger partial charge in [0.05, 0.1) is 25.9 Å². The van der Waals surface area contributed by atoms with E-state index in [0.29, 0.717) is 12.8 Å². The van der Waals surface area contributed by atoms with E-state index in [1.54, 1.807) is 6.92 Å². The first-order valence-electron chi connectivity index (χ1n) is 10.9. The highest BCUT2D eigenvalue weighted by Crippen LogP contribution is 2.55. The Morgan fingerprint density at radius 1 is 1.19 bits per heavy atom. The van der Waals surface area contributed by atoms with Gasteiger partial charge in [-0.3, -0.25) is 4.79 Å². The van der Waals surface area contributed by atoms with Crippen molar-refractivity contribution in [3.63, 3.8) is 0 Å². The molecule has 3 aliphatic rings. The second kappa shape index (κ2) is 9.46. The second-order valence-electron chi connectivity index (χ2n) is 9.47. The fourth-order valence-electron chi connectivity index (χ4n) is 5.70. The maximum Gasteiger partial charge on any atom is 0.333 e. The van der Waals surface area contributed by atoms with Crippen LogP contribution in [0.3, 0.4) is 0 Å². The van der Waals surface area contributed by atoms with Gasteiger partial charge in [0.25, 0.3) is 0 Å². The van der Waals surface area contributed by atoms with Crippen LogP contribution < -0.4 is 0 Å². The SMILES string of the molecule is C=C(C(=O)OC)[C@@H]1CC[C@@]2(C)[C@H]([C@@H]1O)[C@H](C)C(=O)C[C@H]2O[C@@H]1O[C@H](CO)[C@@H](O)[C@H](O)[C@H]1O. The summed E-state index contributed by atoms with van der Waals surface area (Å²) >= 11 is 0. The number of carbonyl (C=O) groups is 2. The molecule has 1 saturated heterocycles. The van der Waals surface area contributed by atoms with Gasteiger partial charge < -0.3 is 39.7 Å². The third-order valence-electron chi connectivity index (χ3n) is 7.75. The summed E-state index contributed by atoms with van der Waals surface area (Å²) in [5.74, 6) is -2.38. The molecule has 1 aliphatic heterocycles. The van der Waals surface area contributed by atoms with Gasteiger partial charge in [0.2, 0.25) is 0 Å². The molecule has 3 rings (SSSR count). The van der Waals surface area contributed by atoms with Crippen LogP contribution in [-0.4, -0.2) is 93.9 Å². The van der Waals surface area contributed by atoms with Gasteiger partial charge in [-0.25, -0.2) is 4.79 Å². The number of ketones is 1. The summed E-state index contributed by atoms with van der Waals surface area (Å²) in [6, 6.07) is 0. The summed E-state index contributed by atoms with van der Waals surface area (Å²) in [6.07, 6.45) is -8.11. The van der Waals surface area contributed by atoms with Gasteiger partial charge in [-0.15, -0.1) is 0 Å². The predicted octanol–water partition coefficient (Wildman–Crippen LogP) is -1.10. The fraction of sp³-hybridized carbons (Fsp3) is 0.818. The van der Waals surface area contributed by atoms with E-state index in [-0.39, 0.29) is 17.8 Å². The van der Waals surface area contributed by atoms with Crippen molar-refractivity contribution < 1.29 is 49.3 Å². The lowest BCUT2D eigenvalue weighted by molar-refractivity contribution is -0.326. The van der Waals surface area contributed by atoms with Crippen molar-refractivity contribution in [2.24, 2.45) is 23.2 Å². The smallest absolute Gasteiger partial charge is 0.333 e. The maximum absolute atomic E-state index is 12.8. The quantitative estimate of drug-likeness (QED) is 0.252. The number of hydrogen-bond acceptors (Lipinski definition) is 10. The minimum Gasteiger partial charge on any atom is -0.466 e. The van der Waals surface area contributed by atoms with E-state index in [2.05, 4.69) is 6.58 Å². The number of hydrogen-bond donors (Lipinski definition) is 5. The number of rotatable bonds is 5. The zero-order valence-electron chi connectivity index (χ0n) is 18.6. The molecule has 0 amide bonds. The number of esters is 1. The largest absolute Gasteiger partial charge is 0.466 e. The van der Waals surface area contributed by atoms with Crippen LogP contribution in [0.2, 0.25) is 0 Å². The van der Waals surface area contributed by atoms with Crippen molar-refractivity contribution in [1.82, 2.24) is 0 Å². The van der Waals surface area contributed by atoms with E-state index in [1.165, 1.54) is 7.11 Å². The maximum atomic E-state index is 12.8. The van der Waals surface area contributed by atoms with Gasteiger partial charge in [-0.2, -0.15) is 0 Å². The van der Waals surface area contributed by atoms with Crippen LogP contribution in [0.5, 0.6) is 0 Å². The van der Waals surface area contributed by atoms with E-state index in [9.17, 15) is 35.1 Å². The Labute approximate surface area is 186 Å². The molecule has 0 spiro atoms.